The summed E-state index contributed by atoms with van der Waals surface area (Å²) in [4.78, 5) is 16.4. The second kappa shape index (κ2) is 10.1. The third kappa shape index (κ3) is 7.22. The third-order valence-corrected chi connectivity index (χ3v) is 3.58. The van der Waals surface area contributed by atoms with Crippen LogP contribution in [0.25, 0.3) is 0 Å². The molecule has 0 amide bonds. The van der Waals surface area contributed by atoms with E-state index in [0.29, 0.717) is 13.2 Å². The minimum Gasteiger partial charge on any atom is -0.465 e. The van der Waals surface area contributed by atoms with E-state index in [1.165, 1.54) is 0 Å². The molecule has 0 aliphatic rings. The Morgan fingerprint density at radius 2 is 1.55 bits per heavy atom. The zero-order valence-corrected chi connectivity index (χ0v) is 13.9. The number of ether oxygens (including phenoxy) is 1. The number of carbonyl (C=O) groups excluding carboxylic acids is 1. The van der Waals surface area contributed by atoms with Crippen LogP contribution in [0.5, 0.6) is 0 Å². The molecule has 0 aliphatic carbocycles. The molecule has 0 rings (SSSR count). The highest BCUT2D eigenvalue weighted by molar-refractivity contribution is 5.80. The van der Waals surface area contributed by atoms with Gasteiger partial charge in [0.1, 0.15) is 5.54 Å². The summed E-state index contributed by atoms with van der Waals surface area (Å²) in [5.74, 6) is -0.317. The van der Waals surface area contributed by atoms with Crippen molar-refractivity contribution in [3.63, 3.8) is 0 Å². The third-order valence-electron chi connectivity index (χ3n) is 3.58. The number of hydrogen-bond acceptors (Lipinski definition) is 5. The molecule has 1 unspecified atom stereocenters. The highest BCUT2D eigenvalue weighted by Crippen LogP contribution is 2.07. The first kappa shape index (κ1) is 19.4. The molecule has 0 aliphatic heterocycles. The Morgan fingerprint density at radius 1 is 1.05 bits per heavy atom. The molecule has 1 atom stereocenters. The molecule has 5 heteroatoms. The van der Waals surface area contributed by atoms with Crippen molar-refractivity contribution in [3.8, 4) is 0 Å². The highest BCUT2D eigenvalue weighted by atomic mass is 16.5. The molecule has 0 aromatic rings. The van der Waals surface area contributed by atoms with E-state index in [-0.39, 0.29) is 5.97 Å². The van der Waals surface area contributed by atoms with Gasteiger partial charge in [0, 0.05) is 6.54 Å². The first-order valence-electron chi connectivity index (χ1n) is 7.81. The van der Waals surface area contributed by atoms with Crippen LogP contribution in [-0.2, 0) is 9.53 Å². The normalized spacial score (nSPS) is 14.6. The molecule has 0 aromatic carbocycles. The fourth-order valence-electron chi connectivity index (χ4n) is 2.23. The van der Waals surface area contributed by atoms with Crippen molar-refractivity contribution >= 4 is 5.97 Å². The van der Waals surface area contributed by atoms with E-state index < -0.39 is 5.54 Å². The first-order chi connectivity index (χ1) is 9.41. The maximum absolute atomic E-state index is 11.8. The van der Waals surface area contributed by atoms with Gasteiger partial charge in [-0.25, -0.2) is 0 Å². The number of nitrogens with two attached hydrogens (primary N) is 1. The van der Waals surface area contributed by atoms with Crippen LogP contribution >= 0.6 is 0 Å². The summed E-state index contributed by atoms with van der Waals surface area (Å²) >= 11 is 0. The van der Waals surface area contributed by atoms with Crippen LogP contribution in [0.2, 0.25) is 0 Å². The van der Waals surface area contributed by atoms with Gasteiger partial charge >= 0.3 is 5.97 Å². The minimum absolute atomic E-state index is 0.317. The molecular formula is C15H33N3O2. The van der Waals surface area contributed by atoms with Gasteiger partial charge in [-0.15, -0.1) is 0 Å². The molecule has 0 fully saturated rings. The summed E-state index contributed by atoms with van der Waals surface area (Å²) in [6, 6.07) is 0. The molecule has 20 heavy (non-hydrogen) atoms. The Labute approximate surface area is 124 Å². The molecule has 0 aromatic heterocycles. The Kier molecular flexibility index (Phi) is 9.80. The van der Waals surface area contributed by atoms with Gasteiger partial charge in [0.15, 0.2) is 0 Å². The Morgan fingerprint density at radius 3 is 2.00 bits per heavy atom. The lowest BCUT2D eigenvalue weighted by Gasteiger charge is -2.30. The molecule has 120 valence electrons. The van der Waals surface area contributed by atoms with Crippen molar-refractivity contribution < 1.29 is 9.53 Å². The van der Waals surface area contributed by atoms with E-state index >= 15 is 0 Å². The Hall–Kier alpha value is -0.650. The maximum atomic E-state index is 11.8. The van der Waals surface area contributed by atoms with Crippen molar-refractivity contribution in [2.75, 3.05) is 45.9 Å². The van der Waals surface area contributed by atoms with Gasteiger partial charge in [0.05, 0.1) is 6.61 Å². The smallest absolute Gasteiger partial charge is 0.327 e. The summed E-state index contributed by atoms with van der Waals surface area (Å²) < 4.78 is 5.03. The lowest BCUT2D eigenvalue weighted by Crippen LogP contribution is -2.54. The van der Waals surface area contributed by atoms with Crippen molar-refractivity contribution in [3.05, 3.63) is 0 Å². The number of likely N-dealkylation sites (N-methyl/N-ethyl adjacent to an activating group) is 1. The van der Waals surface area contributed by atoms with Crippen LogP contribution in [-0.4, -0.2) is 67.2 Å². The van der Waals surface area contributed by atoms with E-state index in [0.717, 1.165) is 39.1 Å². The van der Waals surface area contributed by atoms with E-state index in [2.05, 4.69) is 30.6 Å². The lowest BCUT2D eigenvalue weighted by atomic mass is 10.0. The molecule has 0 spiro atoms. The van der Waals surface area contributed by atoms with Crippen LogP contribution in [0.4, 0.5) is 0 Å². The van der Waals surface area contributed by atoms with Crippen molar-refractivity contribution in [2.24, 2.45) is 5.73 Å². The zero-order chi connectivity index (χ0) is 15.6. The number of rotatable bonds is 11. The summed E-state index contributed by atoms with van der Waals surface area (Å²) in [6.45, 7) is 16.0. The molecule has 0 saturated heterocycles. The van der Waals surface area contributed by atoms with Crippen LogP contribution in [0.15, 0.2) is 0 Å². The van der Waals surface area contributed by atoms with E-state index in [1.807, 2.05) is 0 Å². The van der Waals surface area contributed by atoms with Gasteiger partial charge in [-0.2, -0.15) is 0 Å². The predicted octanol–water partition coefficient (Wildman–Crippen LogP) is 1.32. The fraction of sp³-hybridized carbons (Fsp3) is 0.933. The molecule has 0 heterocycles. The lowest BCUT2D eigenvalue weighted by molar-refractivity contribution is -0.149. The topological polar surface area (TPSA) is 58.8 Å². The van der Waals surface area contributed by atoms with Gasteiger partial charge in [-0.05, 0) is 53.0 Å². The Balaban J connectivity index is 4.23. The number of carbonyl (C=O) groups is 1. The van der Waals surface area contributed by atoms with Gasteiger partial charge in [-0.1, -0.05) is 20.8 Å². The van der Waals surface area contributed by atoms with Gasteiger partial charge < -0.3 is 20.3 Å². The summed E-state index contributed by atoms with van der Waals surface area (Å²) in [7, 11) is 0. The van der Waals surface area contributed by atoms with Gasteiger partial charge in [-0.3, -0.25) is 4.79 Å². The van der Waals surface area contributed by atoms with Crippen LogP contribution in [0.3, 0.4) is 0 Å². The van der Waals surface area contributed by atoms with E-state index in [9.17, 15) is 4.79 Å². The summed E-state index contributed by atoms with van der Waals surface area (Å²) in [5.41, 5.74) is 5.15. The number of hydrogen-bond donors (Lipinski definition) is 1. The molecule has 5 nitrogen and oxygen atoms in total. The van der Waals surface area contributed by atoms with Crippen molar-refractivity contribution in [2.45, 2.75) is 46.6 Å². The SMILES string of the molecule is CCOC(=O)C(C)(N)CN(CC)CCCN(CC)CC. The quantitative estimate of drug-likeness (QED) is 0.581. The molecule has 0 saturated carbocycles. The average molecular weight is 287 g/mol. The van der Waals surface area contributed by atoms with Gasteiger partial charge in [0.2, 0.25) is 0 Å². The van der Waals surface area contributed by atoms with Crippen LogP contribution in [0.1, 0.15) is 41.0 Å². The highest BCUT2D eigenvalue weighted by Gasteiger charge is 2.31. The second-order valence-electron chi connectivity index (χ2n) is 5.39. The van der Waals surface area contributed by atoms with E-state index in [4.69, 9.17) is 10.5 Å². The van der Waals surface area contributed by atoms with Gasteiger partial charge in [0.25, 0.3) is 0 Å². The van der Waals surface area contributed by atoms with Crippen LogP contribution < -0.4 is 5.73 Å². The summed E-state index contributed by atoms with van der Waals surface area (Å²) in [6.07, 6.45) is 1.09. The summed E-state index contributed by atoms with van der Waals surface area (Å²) in [5, 5.41) is 0. The predicted molar refractivity (Wildman–Crippen MR) is 83.7 cm³/mol. The van der Waals surface area contributed by atoms with Crippen molar-refractivity contribution in [1.29, 1.82) is 0 Å². The van der Waals surface area contributed by atoms with Crippen molar-refractivity contribution in [1.82, 2.24) is 9.80 Å². The maximum Gasteiger partial charge on any atom is 0.327 e. The number of esters is 1. The largest absolute Gasteiger partial charge is 0.465 e. The fourth-order valence-corrected chi connectivity index (χ4v) is 2.23. The molecule has 0 bridgehead atoms. The average Bonchev–Trinajstić information content (AvgIpc) is 2.42. The zero-order valence-electron chi connectivity index (χ0n) is 13.9. The number of nitrogens with zero attached hydrogens (tertiary/aromatic N) is 2. The standard InChI is InChI=1S/C15H33N3O2/c1-6-17(7-2)11-10-12-18(8-3)13-15(5,16)14(19)20-9-4/h6-13,16H2,1-5H3. The molecule has 2 N–H and O–H groups in total. The van der Waals surface area contributed by atoms with Crippen LogP contribution in [0, 0.1) is 0 Å². The monoisotopic (exact) mass is 287 g/mol. The minimum atomic E-state index is -0.929. The molecular weight excluding hydrogens is 254 g/mol. The van der Waals surface area contributed by atoms with E-state index in [1.54, 1.807) is 13.8 Å². The molecule has 0 radical (unpaired) electrons. The first-order valence-corrected chi connectivity index (χ1v) is 7.81. The second-order valence-corrected chi connectivity index (χ2v) is 5.39. The Bertz CT molecular complexity index is 266.